The average molecular weight is 375 g/mol. The molecule has 2 aromatic rings. The predicted molar refractivity (Wildman–Crippen MR) is 105 cm³/mol. The van der Waals surface area contributed by atoms with E-state index in [0.29, 0.717) is 17.2 Å². The first-order chi connectivity index (χ1) is 12.1. The molecule has 0 aliphatic rings. The molecule has 6 heteroatoms. The smallest absolute Gasteiger partial charge is 0.264 e. The van der Waals surface area contributed by atoms with Crippen LogP contribution in [0, 0.1) is 12.8 Å². The van der Waals surface area contributed by atoms with E-state index in [4.69, 9.17) is 0 Å². The van der Waals surface area contributed by atoms with E-state index in [2.05, 4.69) is 5.32 Å². The van der Waals surface area contributed by atoms with Crippen molar-refractivity contribution in [1.82, 2.24) is 5.32 Å². The number of aryl methyl sites for hydroxylation is 1. The number of hydrogen-bond acceptors (Lipinski definition) is 3. The first kappa shape index (κ1) is 20.0. The molecular weight excluding hydrogens is 348 g/mol. The van der Waals surface area contributed by atoms with Gasteiger partial charge in [-0.25, -0.2) is 8.42 Å². The molecule has 0 saturated carbocycles. The van der Waals surface area contributed by atoms with E-state index in [9.17, 15) is 13.2 Å². The quantitative estimate of drug-likeness (QED) is 0.840. The van der Waals surface area contributed by atoms with Crippen LogP contribution in [0.25, 0.3) is 0 Å². The van der Waals surface area contributed by atoms with Gasteiger partial charge in [0.05, 0.1) is 10.6 Å². The van der Waals surface area contributed by atoms with E-state index in [1.54, 1.807) is 24.3 Å². The van der Waals surface area contributed by atoms with Crippen molar-refractivity contribution >= 4 is 21.6 Å². The molecule has 1 N–H and O–H groups in total. The largest absolute Gasteiger partial charge is 0.349 e. The molecule has 0 radical (unpaired) electrons. The molecule has 0 spiro atoms. The number of carbonyl (C=O) groups is 1. The van der Waals surface area contributed by atoms with Gasteiger partial charge in [-0.05, 0) is 50.1 Å². The van der Waals surface area contributed by atoms with Gasteiger partial charge >= 0.3 is 0 Å². The Hall–Kier alpha value is -2.34. The van der Waals surface area contributed by atoms with Crippen LogP contribution in [0.15, 0.2) is 53.4 Å². The second kappa shape index (κ2) is 7.91. The van der Waals surface area contributed by atoms with Crippen molar-refractivity contribution in [1.29, 1.82) is 0 Å². The van der Waals surface area contributed by atoms with Crippen molar-refractivity contribution in [2.75, 3.05) is 11.4 Å². The molecule has 1 atom stereocenters. The lowest BCUT2D eigenvalue weighted by Crippen LogP contribution is -2.36. The Balaban J connectivity index is 2.30. The van der Waals surface area contributed by atoms with Crippen molar-refractivity contribution in [2.24, 2.45) is 5.92 Å². The molecule has 2 rings (SSSR count). The molecule has 0 aliphatic heterocycles. The molecule has 1 amide bonds. The van der Waals surface area contributed by atoms with Crippen molar-refractivity contribution < 1.29 is 13.2 Å². The predicted octanol–water partition coefficient (Wildman–Crippen LogP) is 3.59. The maximum absolute atomic E-state index is 12.9. The first-order valence-electron chi connectivity index (χ1n) is 8.59. The van der Waals surface area contributed by atoms with E-state index in [0.717, 1.165) is 5.56 Å². The summed E-state index contributed by atoms with van der Waals surface area (Å²) in [7, 11) is -2.24. The van der Waals surface area contributed by atoms with Gasteiger partial charge in [-0.2, -0.15) is 0 Å². The van der Waals surface area contributed by atoms with Crippen LogP contribution in [0.5, 0.6) is 0 Å². The number of rotatable bonds is 6. The van der Waals surface area contributed by atoms with Gasteiger partial charge in [0.25, 0.3) is 15.9 Å². The molecule has 0 saturated heterocycles. The minimum atomic E-state index is -3.75. The fourth-order valence-electron chi connectivity index (χ4n) is 2.31. The molecule has 0 bridgehead atoms. The number of nitrogens with one attached hydrogen (secondary N) is 1. The molecule has 1 unspecified atom stereocenters. The highest BCUT2D eigenvalue weighted by Crippen LogP contribution is 2.23. The number of hydrogen-bond donors (Lipinski definition) is 1. The van der Waals surface area contributed by atoms with Crippen LogP contribution in [0.3, 0.4) is 0 Å². The lowest BCUT2D eigenvalue weighted by molar-refractivity contribution is 0.0930. The minimum Gasteiger partial charge on any atom is -0.349 e. The Morgan fingerprint density at radius 3 is 2.23 bits per heavy atom. The maximum Gasteiger partial charge on any atom is 0.264 e. The van der Waals surface area contributed by atoms with Gasteiger partial charge in [-0.3, -0.25) is 9.10 Å². The molecule has 140 valence electrons. The lowest BCUT2D eigenvalue weighted by Gasteiger charge is -2.20. The summed E-state index contributed by atoms with van der Waals surface area (Å²) in [6.07, 6.45) is 0. The van der Waals surface area contributed by atoms with E-state index in [-0.39, 0.29) is 16.8 Å². The molecule has 0 aliphatic carbocycles. The standard InChI is InChI=1S/C20H26N2O3S/c1-14(2)16(4)21-20(23)17-7-6-8-19(13-17)26(24,25)22(5)18-11-9-15(3)10-12-18/h6-14,16H,1-5H3,(H,21,23). The van der Waals surface area contributed by atoms with Crippen LogP contribution in [-0.4, -0.2) is 27.4 Å². The zero-order valence-electron chi connectivity index (χ0n) is 15.9. The summed E-state index contributed by atoms with van der Waals surface area (Å²) < 4.78 is 27.1. The number of benzene rings is 2. The van der Waals surface area contributed by atoms with Crippen LogP contribution < -0.4 is 9.62 Å². The minimum absolute atomic E-state index is 0.00186. The summed E-state index contributed by atoms with van der Waals surface area (Å²) in [6, 6.07) is 13.4. The fraction of sp³-hybridized carbons (Fsp3) is 0.350. The zero-order chi connectivity index (χ0) is 19.5. The normalized spacial score (nSPS) is 12.7. The summed E-state index contributed by atoms with van der Waals surface area (Å²) in [5, 5.41) is 2.89. The van der Waals surface area contributed by atoms with Crippen LogP contribution >= 0.6 is 0 Å². The van der Waals surface area contributed by atoms with Crippen molar-refractivity contribution in [2.45, 2.75) is 38.6 Å². The lowest BCUT2D eigenvalue weighted by atomic mass is 10.1. The van der Waals surface area contributed by atoms with Crippen LogP contribution in [0.2, 0.25) is 0 Å². The average Bonchev–Trinajstić information content (AvgIpc) is 2.61. The third-order valence-electron chi connectivity index (χ3n) is 4.51. The van der Waals surface area contributed by atoms with Gasteiger partial charge in [-0.1, -0.05) is 37.6 Å². The van der Waals surface area contributed by atoms with Crippen LogP contribution in [0.4, 0.5) is 5.69 Å². The summed E-state index contributed by atoms with van der Waals surface area (Å²) >= 11 is 0. The molecule has 26 heavy (non-hydrogen) atoms. The summed E-state index contributed by atoms with van der Waals surface area (Å²) in [6.45, 7) is 7.90. The highest BCUT2D eigenvalue weighted by Gasteiger charge is 2.23. The summed E-state index contributed by atoms with van der Waals surface area (Å²) in [5.41, 5.74) is 1.95. The third-order valence-corrected chi connectivity index (χ3v) is 6.29. The van der Waals surface area contributed by atoms with E-state index >= 15 is 0 Å². The van der Waals surface area contributed by atoms with E-state index in [1.165, 1.54) is 23.5 Å². The highest BCUT2D eigenvalue weighted by molar-refractivity contribution is 7.92. The fourth-order valence-corrected chi connectivity index (χ4v) is 3.55. The summed E-state index contributed by atoms with van der Waals surface area (Å²) in [5.74, 6) is 0.0137. The van der Waals surface area contributed by atoms with Crippen molar-refractivity contribution in [3.05, 3.63) is 59.7 Å². The van der Waals surface area contributed by atoms with Gasteiger partial charge in [0.1, 0.15) is 0 Å². The topological polar surface area (TPSA) is 66.5 Å². The van der Waals surface area contributed by atoms with Gasteiger partial charge < -0.3 is 5.32 Å². The second-order valence-corrected chi connectivity index (χ2v) is 8.81. The van der Waals surface area contributed by atoms with Crippen molar-refractivity contribution in [3.63, 3.8) is 0 Å². The Morgan fingerprint density at radius 1 is 1.04 bits per heavy atom. The Morgan fingerprint density at radius 2 is 1.65 bits per heavy atom. The SMILES string of the molecule is Cc1ccc(N(C)S(=O)(=O)c2cccc(C(=O)NC(C)C(C)C)c2)cc1. The number of sulfonamides is 1. The number of carbonyl (C=O) groups excluding carboxylic acids is 1. The number of amides is 1. The molecule has 2 aromatic carbocycles. The molecule has 0 fully saturated rings. The first-order valence-corrected chi connectivity index (χ1v) is 10.0. The Labute approximate surface area is 156 Å². The highest BCUT2D eigenvalue weighted by atomic mass is 32.2. The van der Waals surface area contributed by atoms with Crippen molar-refractivity contribution in [3.8, 4) is 0 Å². The number of nitrogens with zero attached hydrogens (tertiary/aromatic N) is 1. The van der Waals surface area contributed by atoms with Gasteiger partial charge in [0.2, 0.25) is 0 Å². The van der Waals surface area contributed by atoms with Gasteiger partial charge in [-0.15, -0.1) is 0 Å². The maximum atomic E-state index is 12.9. The van der Waals surface area contributed by atoms with Gasteiger partial charge in [0.15, 0.2) is 0 Å². The Kier molecular flexibility index (Phi) is 6.08. The Bertz CT molecular complexity index is 874. The van der Waals surface area contributed by atoms with E-state index in [1.807, 2.05) is 39.8 Å². The molecular formula is C20H26N2O3S. The van der Waals surface area contributed by atoms with Crippen LogP contribution in [0.1, 0.15) is 36.7 Å². The van der Waals surface area contributed by atoms with E-state index < -0.39 is 10.0 Å². The molecule has 0 aromatic heterocycles. The second-order valence-electron chi connectivity index (χ2n) is 6.84. The van der Waals surface area contributed by atoms with Crippen LogP contribution in [-0.2, 0) is 10.0 Å². The number of anilines is 1. The van der Waals surface area contributed by atoms with Gasteiger partial charge in [0, 0.05) is 18.7 Å². The molecule has 5 nitrogen and oxygen atoms in total. The molecule has 0 heterocycles. The monoisotopic (exact) mass is 374 g/mol. The third kappa shape index (κ3) is 4.43. The zero-order valence-corrected chi connectivity index (χ0v) is 16.7. The summed E-state index contributed by atoms with van der Waals surface area (Å²) in [4.78, 5) is 12.5.